The Morgan fingerprint density at radius 2 is 1.94 bits per heavy atom. The second kappa shape index (κ2) is 12.8. The highest BCUT2D eigenvalue weighted by molar-refractivity contribution is 5.72. The van der Waals surface area contributed by atoms with Crippen molar-refractivity contribution in [3.8, 4) is 0 Å². The average Bonchev–Trinajstić information content (AvgIpc) is 3.45. The van der Waals surface area contributed by atoms with Crippen molar-refractivity contribution in [1.29, 1.82) is 0 Å². The van der Waals surface area contributed by atoms with Crippen LogP contribution in [0.5, 0.6) is 0 Å². The van der Waals surface area contributed by atoms with E-state index in [1.165, 1.54) is 44.9 Å². The Labute approximate surface area is 192 Å². The van der Waals surface area contributed by atoms with Crippen LogP contribution >= 0.6 is 0 Å². The summed E-state index contributed by atoms with van der Waals surface area (Å²) >= 11 is 0. The molecule has 2 aromatic heterocycles. The lowest BCUT2D eigenvalue weighted by Gasteiger charge is -2.16. The van der Waals surface area contributed by atoms with Crippen LogP contribution in [0.1, 0.15) is 96.3 Å². The number of rotatable bonds is 14. The largest absolute Gasteiger partial charge is 0.463 e. The van der Waals surface area contributed by atoms with Gasteiger partial charge in [-0.3, -0.25) is 4.79 Å². The zero-order valence-electron chi connectivity index (χ0n) is 20.0. The van der Waals surface area contributed by atoms with Crippen LogP contribution in [0.15, 0.2) is 18.5 Å². The molecule has 0 aromatic carbocycles. The summed E-state index contributed by atoms with van der Waals surface area (Å²) in [5, 5.41) is 7.46. The van der Waals surface area contributed by atoms with Crippen molar-refractivity contribution in [2.75, 3.05) is 19.0 Å². The molecule has 7 nitrogen and oxygen atoms in total. The first-order valence-electron chi connectivity index (χ1n) is 12.5. The van der Waals surface area contributed by atoms with Crippen LogP contribution in [0.3, 0.4) is 0 Å². The van der Waals surface area contributed by atoms with E-state index in [-0.39, 0.29) is 24.1 Å². The third-order valence-electron chi connectivity index (χ3n) is 6.46. The maximum absolute atomic E-state index is 12.4. The number of ether oxygens (including phenoxy) is 2. The van der Waals surface area contributed by atoms with Crippen LogP contribution in [-0.2, 0) is 14.3 Å². The summed E-state index contributed by atoms with van der Waals surface area (Å²) < 4.78 is 13.7. The van der Waals surface area contributed by atoms with Crippen LogP contribution in [0.25, 0.3) is 5.52 Å². The molecule has 0 radical (unpaired) electrons. The quantitative estimate of drug-likeness (QED) is 0.297. The van der Waals surface area contributed by atoms with Crippen molar-refractivity contribution >= 4 is 17.3 Å². The molecule has 1 aliphatic heterocycles. The smallest absolute Gasteiger partial charge is 0.308 e. The van der Waals surface area contributed by atoms with Gasteiger partial charge in [-0.2, -0.15) is 5.10 Å². The minimum Gasteiger partial charge on any atom is -0.463 e. The Balaban J connectivity index is 1.35. The van der Waals surface area contributed by atoms with Gasteiger partial charge in [0.1, 0.15) is 24.6 Å². The lowest BCUT2D eigenvalue weighted by atomic mass is 10.0. The standard InChI is InChI=1S/C25H40N4O3/c1-4-5-6-7-8-9-10-11-12-19(2)25(30)31-17-20-13-16-23(32-20)21-14-15-22-24(26-3)27-18-28-29(21)22/h14-15,18-20,23H,4-13,16-17H2,1-3H3,(H,26,27,28). The molecular formula is C25H40N4O3. The third kappa shape index (κ3) is 6.67. The molecule has 0 saturated carbocycles. The summed E-state index contributed by atoms with van der Waals surface area (Å²) in [7, 11) is 1.85. The van der Waals surface area contributed by atoms with Crippen LogP contribution < -0.4 is 5.32 Å². The summed E-state index contributed by atoms with van der Waals surface area (Å²) in [5.41, 5.74) is 1.94. The zero-order chi connectivity index (χ0) is 22.8. The maximum Gasteiger partial charge on any atom is 0.308 e. The fraction of sp³-hybridized carbons (Fsp3) is 0.720. The number of fused-ring (bicyclic) bond motifs is 1. The van der Waals surface area contributed by atoms with Gasteiger partial charge in [0.2, 0.25) is 0 Å². The van der Waals surface area contributed by atoms with Crippen molar-refractivity contribution in [3.05, 3.63) is 24.2 Å². The number of anilines is 1. The lowest BCUT2D eigenvalue weighted by molar-refractivity contribution is -0.152. The number of carbonyl (C=O) groups is 1. The normalized spacial score (nSPS) is 19.3. The Bertz CT molecular complexity index is 838. The topological polar surface area (TPSA) is 77.8 Å². The molecule has 1 N–H and O–H groups in total. The van der Waals surface area contributed by atoms with Gasteiger partial charge in [0.05, 0.1) is 17.7 Å². The maximum atomic E-state index is 12.4. The lowest BCUT2D eigenvalue weighted by Crippen LogP contribution is -2.22. The van der Waals surface area contributed by atoms with Gasteiger partial charge in [0.15, 0.2) is 5.82 Å². The number of hydrogen-bond donors (Lipinski definition) is 1. The summed E-state index contributed by atoms with van der Waals surface area (Å²) in [6, 6.07) is 4.04. The Kier molecular flexibility index (Phi) is 9.78. The second-order valence-electron chi connectivity index (χ2n) is 9.03. The van der Waals surface area contributed by atoms with Crippen LogP contribution in [-0.4, -0.2) is 40.3 Å². The molecule has 3 rings (SSSR count). The van der Waals surface area contributed by atoms with E-state index < -0.39 is 0 Å². The van der Waals surface area contributed by atoms with E-state index in [0.29, 0.717) is 6.61 Å². The Morgan fingerprint density at radius 1 is 1.19 bits per heavy atom. The number of nitrogens with zero attached hydrogens (tertiary/aromatic N) is 3. The van der Waals surface area contributed by atoms with Gasteiger partial charge >= 0.3 is 5.97 Å². The Hall–Kier alpha value is -2.15. The fourth-order valence-electron chi connectivity index (χ4n) is 4.46. The van der Waals surface area contributed by atoms with Crippen molar-refractivity contribution in [1.82, 2.24) is 14.6 Å². The van der Waals surface area contributed by atoms with Gasteiger partial charge in [-0.05, 0) is 31.4 Å². The highest BCUT2D eigenvalue weighted by Crippen LogP contribution is 2.34. The second-order valence-corrected chi connectivity index (χ2v) is 9.03. The summed E-state index contributed by atoms with van der Waals surface area (Å²) in [4.78, 5) is 16.6. The monoisotopic (exact) mass is 444 g/mol. The van der Waals surface area contributed by atoms with E-state index in [1.54, 1.807) is 6.33 Å². The minimum atomic E-state index is -0.0977. The predicted molar refractivity (Wildman–Crippen MR) is 127 cm³/mol. The van der Waals surface area contributed by atoms with Crippen molar-refractivity contribution < 1.29 is 14.3 Å². The SMILES string of the molecule is CCCCCCCCCCC(C)C(=O)OCC1CCC(c2ccc3c(NC)ncnn23)O1. The number of hydrogen-bond acceptors (Lipinski definition) is 6. The van der Waals surface area contributed by atoms with Crippen LogP contribution in [0.4, 0.5) is 5.82 Å². The van der Waals surface area contributed by atoms with Crippen LogP contribution in [0, 0.1) is 5.92 Å². The first kappa shape index (κ1) is 24.5. The molecule has 0 bridgehead atoms. The predicted octanol–water partition coefficient (Wildman–Crippen LogP) is 5.70. The van der Waals surface area contributed by atoms with Gasteiger partial charge in [-0.25, -0.2) is 9.50 Å². The van der Waals surface area contributed by atoms with Crippen molar-refractivity contribution in [2.24, 2.45) is 5.92 Å². The number of unbranched alkanes of at least 4 members (excludes halogenated alkanes) is 7. The highest BCUT2D eigenvalue weighted by atomic mass is 16.6. The third-order valence-corrected chi connectivity index (χ3v) is 6.46. The molecule has 1 fully saturated rings. The molecule has 2 aromatic rings. The molecule has 0 spiro atoms. The molecule has 0 amide bonds. The molecular weight excluding hydrogens is 404 g/mol. The van der Waals surface area contributed by atoms with E-state index in [9.17, 15) is 4.79 Å². The molecule has 1 aliphatic rings. The molecule has 3 heterocycles. The van der Waals surface area contributed by atoms with Gasteiger partial charge in [0, 0.05) is 7.05 Å². The fourth-order valence-corrected chi connectivity index (χ4v) is 4.46. The van der Waals surface area contributed by atoms with Crippen molar-refractivity contribution in [3.63, 3.8) is 0 Å². The molecule has 178 valence electrons. The summed E-state index contributed by atoms with van der Waals surface area (Å²) in [6.07, 6.45) is 14.4. The number of nitrogens with one attached hydrogen (secondary N) is 1. The van der Waals surface area contributed by atoms with E-state index >= 15 is 0 Å². The van der Waals surface area contributed by atoms with E-state index in [2.05, 4.69) is 22.3 Å². The van der Waals surface area contributed by atoms with E-state index in [4.69, 9.17) is 9.47 Å². The zero-order valence-corrected chi connectivity index (χ0v) is 20.0. The molecule has 7 heteroatoms. The van der Waals surface area contributed by atoms with Crippen LogP contribution in [0.2, 0.25) is 0 Å². The van der Waals surface area contributed by atoms with Gasteiger partial charge in [-0.15, -0.1) is 0 Å². The van der Waals surface area contributed by atoms with Crippen molar-refractivity contribution in [2.45, 2.75) is 96.7 Å². The van der Waals surface area contributed by atoms with Gasteiger partial charge in [-0.1, -0.05) is 65.2 Å². The first-order chi connectivity index (χ1) is 15.6. The Morgan fingerprint density at radius 3 is 2.69 bits per heavy atom. The molecule has 3 atom stereocenters. The average molecular weight is 445 g/mol. The molecule has 0 aliphatic carbocycles. The number of carbonyl (C=O) groups excluding carboxylic acids is 1. The molecule has 1 saturated heterocycles. The van der Waals surface area contributed by atoms with Gasteiger partial charge < -0.3 is 14.8 Å². The molecule has 3 unspecified atom stereocenters. The van der Waals surface area contributed by atoms with E-state index in [0.717, 1.165) is 42.7 Å². The molecule has 32 heavy (non-hydrogen) atoms. The highest BCUT2D eigenvalue weighted by Gasteiger charge is 2.30. The summed E-state index contributed by atoms with van der Waals surface area (Å²) in [5.74, 6) is 0.651. The van der Waals surface area contributed by atoms with Gasteiger partial charge in [0.25, 0.3) is 0 Å². The number of aromatic nitrogens is 3. The number of esters is 1. The summed E-state index contributed by atoms with van der Waals surface area (Å²) in [6.45, 7) is 4.56. The van der Waals surface area contributed by atoms with E-state index in [1.807, 2.05) is 30.6 Å². The minimum absolute atomic E-state index is 0.0430. The first-order valence-corrected chi connectivity index (χ1v) is 12.5.